The second-order valence-electron chi connectivity index (χ2n) is 5.83. The second kappa shape index (κ2) is 5.47. The van der Waals surface area contributed by atoms with E-state index in [-0.39, 0.29) is 11.3 Å². The highest BCUT2D eigenvalue weighted by atomic mass is 16.5. The van der Waals surface area contributed by atoms with E-state index < -0.39 is 0 Å². The zero-order valence-electron chi connectivity index (χ0n) is 12.7. The van der Waals surface area contributed by atoms with Gasteiger partial charge in [0.05, 0.1) is 12.7 Å². The maximum Gasteiger partial charge on any atom is 0.260 e. The summed E-state index contributed by atoms with van der Waals surface area (Å²) in [5, 5.41) is 9.77. The first-order chi connectivity index (χ1) is 9.81. The van der Waals surface area contributed by atoms with Gasteiger partial charge in [-0.15, -0.1) is 0 Å². The summed E-state index contributed by atoms with van der Waals surface area (Å²) in [5.41, 5.74) is 7.51. The van der Waals surface area contributed by atoms with Crippen molar-refractivity contribution in [2.75, 3.05) is 18.2 Å². The fraction of sp³-hybridized carbons (Fsp3) is 0.333. The third kappa shape index (κ3) is 3.34. The Kier molecular flexibility index (Phi) is 3.88. The van der Waals surface area contributed by atoms with E-state index in [0.717, 1.165) is 5.69 Å². The summed E-state index contributed by atoms with van der Waals surface area (Å²) in [4.78, 5) is 12.3. The van der Waals surface area contributed by atoms with Crippen molar-refractivity contribution in [3.63, 3.8) is 0 Å². The number of hydrogen-bond donors (Lipinski definition) is 3. The van der Waals surface area contributed by atoms with Crippen LogP contribution in [-0.2, 0) is 5.41 Å². The number of carbonyl (C=O) groups is 1. The van der Waals surface area contributed by atoms with E-state index in [1.807, 2.05) is 6.07 Å². The molecule has 2 aromatic rings. The van der Waals surface area contributed by atoms with Crippen LogP contribution in [0.3, 0.4) is 0 Å². The molecule has 0 saturated heterocycles. The van der Waals surface area contributed by atoms with Gasteiger partial charge in [-0.1, -0.05) is 20.8 Å². The number of H-pyrrole nitrogens is 1. The number of benzene rings is 1. The van der Waals surface area contributed by atoms with Gasteiger partial charge in [-0.25, -0.2) is 0 Å². The number of nitrogens with two attached hydrogens (primary N) is 1. The molecule has 21 heavy (non-hydrogen) atoms. The van der Waals surface area contributed by atoms with E-state index in [4.69, 9.17) is 10.5 Å². The van der Waals surface area contributed by atoms with Crippen molar-refractivity contribution in [3.05, 3.63) is 35.5 Å². The zero-order chi connectivity index (χ0) is 15.6. The van der Waals surface area contributed by atoms with E-state index in [2.05, 4.69) is 36.3 Å². The molecular weight excluding hydrogens is 268 g/mol. The number of rotatable bonds is 3. The third-order valence-electron chi connectivity index (χ3n) is 3.10. The number of amides is 1. The molecule has 6 nitrogen and oxygen atoms in total. The maximum absolute atomic E-state index is 12.3. The Bertz CT molecular complexity index is 656. The van der Waals surface area contributed by atoms with Gasteiger partial charge in [0.15, 0.2) is 5.82 Å². The van der Waals surface area contributed by atoms with Crippen molar-refractivity contribution in [1.29, 1.82) is 0 Å². The van der Waals surface area contributed by atoms with Crippen molar-refractivity contribution < 1.29 is 9.53 Å². The number of hydrogen-bond acceptors (Lipinski definition) is 4. The lowest BCUT2D eigenvalue weighted by atomic mass is 9.92. The predicted molar refractivity (Wildman–Crippen MR) is 82.6 cm³/mol. The van der Waals surface area contributed by atoms with Crippen LogP contribution in [0, 0.1) is 0 Å². The van der Waals surface area contributed by atoms with Crippen molar-refractivity contribution in [1.82, 2.24) is 10.2 Å². The first kappa shape index (κ1) is 14.9. The Morgan fingerprint density at radius 2 is 2.05 bits per heavy atom. The number of aromatic nitrogens is 2. The molecule has 0 unspecified atom stereocenters. The quantitative estimate of drug-likeness (QED) is 0.757. The summed E-state index contributed by atoms with van der Waals surface area (Å²) in [6, 6.07) is 6.71. The summed E-state index contributed by atoms with van der Waals surface area (Å²) in [6.07, 6.45) is 0. The molecule has 0 fully saturated rings. The highest BCUT2D eigenvalue weighted by Crippen LogP contribution is 2.24. The van der Waals surface area contributed by atoms with Crippen molar-refractivity contribution in [2.24, 2.45) is 0 Å². The van der Waals surface area contributed by atoms with Crippen LogP contribution >= 0.6 is 0 Å². The number of nitrogens with zero attached hydrogens (tertiary/aromatic N) is 1. The lowest BCUT2D eigenvalue weighted by Crippen LogP contribution is -2.14. The van der Waals surface area contributed by atoms with Gasteiger partial charge in [-0.2, -0.15) is 5.10 Å². The van der Waals surface area contributed by atoms with Crippen LogP contribution in [0.15, 0.2) is 24.3 Å². The Morgan fingerprint density at radius 3 is 2.62 bits per heavy atom. The molecule has 4 N–H and O–H groups in total. The Morgan fingerprint density at radius 1 is 1.33 bits per heavy atom. The fourth-order valence-electron chi connectivity index (χ4n) is 1.85. The first-order valence-electron chi connectivity index (χ1n) is 6.62. The largest absolute Gasteiger partial charge is 0.496 e. The highest BCUT2D eigenvalue weighted by Gasteiger charge is 2.18. The standard InChI is InChI=1S/C15H20N4O2/c1-15(2,3)12-8-13(19-18-12)17-14(20)10-6-5-9(16)7-11(10)21-4/h5-8H,16H2,1-4H3,(H2,17,18,19,20). The average Bonchev–Trinajstić information content (AvgIpc) is 2.86. The van der Waals surface area contributed by atoms with Gasteiger partial charge in [0, 0.05) is 28.9 Å². The van der Waals surface area contributed by atoms with E-state index in [0.29, 0.717) is 22.8 Å². The topological polar surface area (TPSA) is 93.0 Å². The second-order valence-corrected chi connectivity index (χ2v) is 5.83. The molecule has 1 aromatic carbocycles. The van der Waals surface area contributed by atoms with Crippen molar-refractivity contribution in [2.45, 2.75) is 26.2 Å². The molecule has 0 aliphatic heterocycles. The number of aromatic amines is 1. The first-order valence-corrected chi connectivity index (χ1v) is 6.62. The summed E-state index contributed by atoms with van der Waals surface area (Å²) >= 11 is 0. The molecule has 1 aromatic heterocycles. The molecule has 0 saturated carbocycles. The zero-order valence-corrected chi connectivity index (χ0v) is 12.7. The summed E-state index contributed by atoms with van der Waals surface area (Å²) < 4.78 is 5.18. The number of ether oxygens (including phenoxy) is 1. The Labute approximate surface area is 123 Å². The molecule has 0 radical (unpaired) electrons. The van der Waals surface area contributed by atoms with Crippen LogP contribution in [0.1, 0.15) is 36.8 Å². The molecule has 0 aliphatic rings. The van der Waals surface area contributed by atoms with Crippen LogP contribution in [0.5, 0.6) is 5.75 Å². The van der Waals surface area contributed by atoms with E-state index >= 15 is 0 Å². The lowest BCUT2D eigenvalue weighted by molar-refractivity contribution is 0.102. The van der Waals surface area contributed by atoms with Crippen LogP contribution in [0.2, 0.25) is 0 Å². The fourth-order valence-corrected chi connectivity index (χ4v) is 1.85. The van der Waals surface area contributed by atoms with Crippen LogP contribution < -0.4 is 15.8 Å². The van der Waals surface area contributed by atoms with Gasteiger partial charge in [-0.3, -0.25) is 9.89 Å². The number of nitrogen functional groups attached to an aromatic ring is 1. The lowest BCUT2D eigenvalue weighted by Gasteiger charge is -2.14. The number of methoxy groups -OCH3 is 1. The minimum Gasteiger partial charge on any atom is -0.496 e. The number of nitrogens with one attached hydrogen (secondary N) is 2. The van der Waals surface area contributed by atoms with Gasteiger partial charge in [-0.05, 0) is 12.1 Å². The van der Waals surface area contributed by atoms with E-state index in [1.165, 1.54) is 7.11 Å². The van der Waals surface area contributed by atoms with Gasteiger partial charge in [0.2, 0.25) is 0 Å². The number of carbonyl (C=O) groups excluding carboxylic acids is 1. The molecule has 1 amide bonds. The molecule has 0 spiro atoms. The van der Waals surface area contributed by atoms with E-state index in [9.17, 15) is 4.79 Å². The van der Waals surface area contributed by atoms with Gasteiger partial charge in [0.25, 0.3) is 5.91 Å². The van der Waals surface area contributed by atoms with Crippen LogP contribution in [0.4, 0.5) is 11.5 Å². The molecule has 2 rings (SSSR count). The summed E-state index contributed by atoms with van der Waals surface area (Å²) in [5.74, 6) is 0.613. The van der Waals surface area contributed by atoms with Gasteiger partial charge in [0.1, 0.15) is 5.75 Å². The van der Waals surface area contributed by atoms with Crippen LogP contribution in [-0.4, -0.2) is 23.2 Å². The molecule has 6 heteroatoms. The molecule has 112 valence electrons. The monoisotopic (exact) mass is 288 g/mol. The van der Waals surface area contributed by atoms with Crippen LogP contribution in [0.25, 0.3) is 0 Å². The highest BCUT2D eigenvalue weighted by molar-refractivity contribution is 6.06. The number of anilines is 2. The third-order valence-corrected chi connectivity index (χ3v) is 3.10. The molecule has 0 bridgehead atoms. The summed E-state index contributed by atoms with van der Waals surface area (Å²) in [7, 11) is 1.50. The average molecular weight is 288 g/mol. The maximum atomic E-state index is 12.3. The Balaban J connectivity index is 2.20. The smallest absolute Gasteiger partial charge is 0.260 e. The van der Waals surface area contributed by atoms with Crippen molar-refractivity contribution in [3.8, 4) is 5.75 Å². The van der Waals surface area contributed by atoms with Gasteiger partial charge < -0.3 is 15.8 Å². The Hall–Kier alpha value is -2.50. The van der Waals surface area contributed by atoms with E-state index in [1.54, 1.807) is 18.2 Å². The minimum absolute atomic E-state index is 0.0606. The molecule has 1 heterocycles. The molecule has 0 atom stereocenters. The van der Waals surface area contributed by atoms with Crippen molar-refractivity contribution >= 4 is 17.4 Å². The molecular formula is C15H20N4O2. The predicted octanol–water partition coefficient (Wildman–Crippen LogP) is 2.55. The van der Waals surface area contributed by atoms with Gasteiger partial charge >= 0.3 is 0 Å². The SMILES string of the molecule is COc1cc(N)ccc1C(=O)Nc1cc(C(C)(C)C)[nH]n1. The molecule has 0 aliphatic carbocycles. The minimum atomic E-state index is -0.293. The summed E-state index contributed by atoms with van der Waals surface area (Å²) in [6.45, 7) is 6.19. The normalized spacial score (nSPS) is 11.2.